The fourth-order valence-corrected chi connectivity index (χ4v) is 7.73. The molecule has 4 aromatic rings. The summed E-state index contributed by atoms with van der Waals surface area (Å²) in [6.07, 6.45) is 1.02. The molecule has 0 spiro atoms. The highest BCUT2D eigenvalue weighted by Gasteiger charge is 2.35. The van der Waals surface area contributed by atoms with E-state index in [0.717, 1.165) is 36.6 Å². The summed E-state index contributed by atoms with van der Waals surface area (Å²) in [6, 6.07) is 26.2. The fraction of sp³-hybridized carbons (Fsp3) is 0.286. The first-order valence-corrected chi connectivity index (χ1v) is 16.5. The van der Waals surface area contributed by atoms with Gasteiger partial charge in [-0.3, -0.25) is 14.4 Å². The Morgan fingerprint density at radius 3 is 2.38 bits per heavy atom. The number of aromatic nitrogens is 1. The Bertz CT molecular complexity index is 1840. The van der Waals surface area contributed by atoms with Gasteiger partial charge in [0, 0.05) is 73.5 Å². The number of hydrogen-bond donors (Lipinski definition) is 1. The van der Waals surface area contributed by atoms with Gasteiger partial charge in [-0.05, 0) is 76.8 Å². The summed E-state index contributed by atoms with van der Waals surface area (Å²) in [4.78, 5) is 46.3. The predicted molar refractivity (Wildman–Crippen MR) is 182 cm³/mol. The van der Waals surface area contributed by atoms with Gasteiger partial charge in [0.2, 0.25) is 0 Å². The number of piperidine rings is 1. The van der Waals surface area contributed by atoms with Gasteiger partial charge in [0.05, 0.1) is 27.6 Å². The third kappa shape index (κ3) is 5.87. The maximum atomic E-state index is 13.8. The highest BCUT2D eigenvalue weighted by Crippen LogP contribution is 2.40. The van der Waals surface area contributed by atoms with E-state index < -0.39 is 0 Å². The number of carbonyl (C=O) groups is 2. The summed E-state index contributed by atoms with van der Waals surface area (Å²) in [6.45, 7) is 4.65. The van der Waals surface area contributed by atoms with E-state index in [0.29, 0.717) is 65.0 Å². The Balaban J connectivity index is 1.16. The number of fused-ring (bicyclic) bond motifs is 4. The zero-order valence-electron chi connectivity index (χ0n) is 24.7. The van der Waals surface area contributed by atoms with Gasteiger partial charge >= 0.3 is 0 Å². The first-order valence-electron chi connectivity index (χ1n) is 15.3. The third-order valence-corrected chi connectivity index (χ3v) is 10.2. The molecule has 0 aliphatic carbocycles. The summed E-state index contributed by atoms with van der Waals surface area (Å²) in [5.41, 5.74) is 4.60. The van der Waals surface area contributed by atoms with Gasteiger partial charge in [0.15, 0.2) is 0 Å². The van der Waals surface area contributed by atoms with Gasteiger partial charge in [-0.2, -0.15) is 0 Å². The molecule has 0 radical (unpaired) electrons. The highest BCUT2D eigenvalue weighted by atomic mass is 79.9. The smallest absolute Gasteiger partial charge is 0.256 e. The van der Waals surface area contributed by atoms with Crippen molar-refractivity contribution < 1.29 is 9.59 Å². The molecule has 2 bridgehead atoms. The number of nitrogens with zero attached hydrogens (tertiary/aromatic N) is 4. The van der Waals surface area contributed by atoms with E-state index in [2.05, 4.69) is 37.1 Å². The zero-order chi connectivity index (χ0) is 31.1. The summed E-state index contributed by atoms with van der Waals surface area (Å²) in [5.74, 6) is 0.184. The number of pyridine rings is 1. The summed E-state index contributed by atoms with van der Waals surface area (Å²) in [7, 11) is 0. The number of piperazine rings is 1. The summed E-state index contributed by atoms with van der Waals surface area (Å²) >= 11 is 9.93. The predicted octanol–water partition coefficient (Wildman–Crippen LogP) is 6.10. The van der Waals surface area contributed by atoms with Gasteiger partial charge < -0.3 is 24.6 Å². The Morgan fingerprint density at radius 1 is 0.800 bits per heavy atom. The number of carbonyl (C=O) groups excluding carboxylic acids is 2. The lowest BCUT2D eigenvalue weighted by Crippen LogP contribution is -2.49. The molecule has 2 unspecified atom stereocenters. The van der Waals surface area contributed by atoms with Crippen LogP contribution in [-0.4, -0.2) is 60.5 Å². The van der Waals surface area contributed by atoms with Crippen molar-refractivity contribution in [2.75, 3.05) is 54.4 Å². The quantitative estimate of drug-likeness (QED) is 0.275. The van der Waals surface area contributed by atoms with Crippen LogP contribution in [0.25, 0.3) is 0 Å². The molecule has 0 saturated carbocycles. The van der Waals surface area contributed by atoms with Crippen LogP contribution in [0.5, 0.6) is 0 Å². The average molecular weight is 687 g/mol. The number of amides is 2. The molecule has 1 N–H and O–H groups in total. The van der Waals surface area contributed by atoms with E-state index >= 15 is 0 Å². The van der Waals surface area contributed by atoms with Crippen LogP contribution in [0.1, 0.15) is 38.7 Å². The molecule has 7 rings (SSSR count). The van der Waals surface area contributed by atoms with Crippen molar-refractivity contribution in [2.45, 2.75) is 18.9 Å². The van der Waals surface area contributed by atoms with Crippen molar-refractivity contribution in [3.63, 3.8) is 0 Å². The normalized spacial score (nSPS) is 19.2. The van der Waals surface area contributed by atoms with Crippen molar-refractivity contribution in [1.82, 2.24) is 9.47 Å². The fourth-order valence-electron chi connectivity index (χ4n) is 7.01. The second-order valence-corrected chi connectivity index (χ2v) is 13.3. The first kappa shape index (κ1) is 29.6. The largest absolute Gasteiger partial charge is 0.369 e. The minimum atomic E-state index is -0.254. The molecule has 2 saturated heterocycles. The molecule has 3 aliphatic rings. The third-order valence-electron chi connectivity index (χ3n) is 9.19. The SMILES string of the molecule is O=C(Nc1cc(C(=O)N2CCN(c3ccccc3Cl)CC2)ccc1N1CC2CC(C1)c1cccc(=O)n1C2)c1ccccc1Br. The van der Waals surface area contributed by atoms with E-state index in [1.54, 1.807) is 12.1 Å². The lowest BCUT2D eigenvalue weighted by molar-refractivity contribution is 0.0746. The minimum Gasteiger partial charge on any atom is -0.369 e. The molecule has 8 nitrogen and oxygen atoms in total. The number of nitrogens with one attached hydrogen (secondary N) is 1. The van der Waals surface area contributed by atoms with Gasteiger partial charge in [0.1, 0.15) is 0 Å². The van der Waals surface area contributed by atoms with Crippen molar-refractivity contribution >= 4 is 56.4 Å². The molecule has 2 atom stereocenters. The molecule has 10 heteroatoms. The molecule has 230 valence electrons. The van der Waals surface area contributed by atoms with Gasteiger partial charge in [-0.25, -0.2) is 0 Å². The maximum Gasteiger partial charge on any atom is 0.256 e. The molecule has 3 aromatic carbocycles. The molecular formula is C35H33BrClN5O3. The molecule has 4 heterocycles. The van der Waals surface area contributed by atoms with Crippen LogP contribution >= 0.6 is 27.5 Å². The molecule has 2 fully saturated rings. The minimum absolute atomic E-state index is 0.0487. The van der Waals surface area contributed by atoms with Crippen LogP contribution in [0.2, 0.25) is 5.02 Å². The molecular weight excluding hydrogens is 654 g/mol. The van der Waals surface area contributed by atoms with Gasteiger partial charge in [-0.1, -0.05) is 41.9 Å². The van der Waals surface area contributed by atoms with Crippen LogP contribution in [0.4, 0.5) is 17.1 Å². The van der Waals surface area contributed by atoms with Crippen LogP contribution in [-0.2, 0) is 6.54 Å². The van der Waals surface area contributed by atoms with E-state index in [9.17, 15) is 14.4 Å². The van der Waals surface area contributed by atoms with Crippen molar-refractivity contribution in [3.05, 3.63) is 122 Å². The number of rotatable bonds is 5. The Kier molecular flexibility index (Phi) is 8.14. The maximum absolute atomic E-state index is 13.8. The monoisotopic (exact) mass is 685 g/mol. The van der Waals surface area contributed by atoms with Crippen molar-refractivity contribution in [3.8, 4) is 0 Å². The Labute approximate surface area is 275 Å². The Morgan fingerprint density at radius 2 is 1.58 bits per heavy atom. The molecule has 2 amide bonds. The zero-order valence-corrected chi connectivity index (χ0v) is 27.0. The summed E-state index contributed by atoms with van der Waals surface area (Å²) in [5, 5.41) is 3.84. The standard InChI is InChI=1S/C35H33BrClN5O3/c36-27-7-2-1-6-26(27)34(44)38-29-19-24(35(45)40-16-14-39(15-17-40)31-9-4-3-8-28(31)37)12-13-32(29)41-20-23-18-25(22-41)30-10-5-11-33(43)42(30)21-23/h1-13,19,23,25H,14-18,20-22H2,(H,38,44). The number of benzene rings is 3. The molecule has 1 aromatic heterocycles. The van der Waals surface area contributed by atoms with Crippen LogP contribution in [0, 0.1) is 5.92 Å². The van der Waals surface area contributed by atoms with Crippen LogP contribution in [0.3, 0.4) is 0 Å². The van der Waals surface area contributed by atoms with Crippen molar-refractivity contribution in [2.24, 2.45) is 5.92 Å². The van der Waals surface area contributed by atoms with Gasteiger partial charge in [0.25, 0.3) is 17.4 Å². The lowest BCUT2D eigenvalue weighted by Gasteiger charge is -2.44. The van der Waals surface area contributed by atoms with Crippen LogP contribution < -0.4 is 20.7 Å². The van der Waals surface area contributed by atoms with Gasteiger partial charge in [-0.15, -0.1) is 0 Å². The summed E-state index contributed by atoms with van der Waals surface area (Å²) < 4.78 is 2.61. The highest BCUT2D eigenvalue weighted by molar-refractivity contribution is 9.10. The first-order chi connectivity index (χ1) is 21.9. The number of halogens is 2. The Hall–Kier alpha value is -4.08. The second kappa shape index (κ2) is 12.4. The number of hydrogen-bond acceptors (Lipinski definition) is 5. The lowest BCUT2D eigenvalue weighted by atomic mass is 9.83. The van der Waals surface area contributed by atoms with E-state index in [-0.39, 0.29) is 23.3 Å². The topological polar surface area (TPSA) is 77.9 Å². The molecule has 3 aliphatic heterocycles. The van der Waals surface area contributed by atoms with E-state index in [4.69, 9.17) is 11.6 Å². The van der Waals surface area contributed by atoms with Crippen molar-refractivity contribution in [1.29, 1.82) is 0 Å². The second-order valence-electron chi connectivity index (χ2n) is 12.0. The number of anilines is 3. The average Bonchev–Trinajstić information content (AvgIpc) is 3.05. The van der Waals surface area contributed by atoms with E-state index in [1.807, 2.05) is 76.2 Å². The molecule has 45 heavy (non-hydrogen) atoms. The van der Waals surface area contributed by atoms with E-state index in [1.165, 1.54) is 0 Å². The van der Waals surface area contributed by atoms with Crippen LogP contribution in [0.15, 0.2) is 94.2 Å². The number of para-hydroxylation sites is 1.